The number of nitrogens with one attached hydrogen (secondary N) is 5. The van der Waals surface area contributed by atoms with Gasteiger partial charge in [-0.2, -0.15) is 0 Å². The quantitative estimate of drug-likeness (QED) is 0.0170. The summed E-state index contributed by atoms with van der Waals surface area (Å²) in [5.74, 6) is -9.12. The second kappa shape index (κ2) is 30.2. The Morgan fingerprint density at radius 2 is 0.738 bits per heavy atom. The molecule has 0 aromatic rings. The molecule has 0 aromatic heterocycles. The first-order valence-electron chi connectivity index (χ1n) is 21.4. The number of nitrogens with two attached hydrogens (primary N) is 11. The molecule has 0 aliphatic heterocycles. The molecule has 5 amide bonds. The van der Waals surface area contributed by atoms with E-state index in [1.807, 2.05) is 5.73 Å². The van der Waals surface area contributed by atoms with E-state index >= 15 is 0 Å². The van der Waals surface area contributed by atoms with Gasteiger partial charge in [-0.1, -0.05) is 0 Å². The van der Waals surface area contributed by atoms with Crippen LogP contribution >= 0.6 is 0 Å². The molecule has 0 heterocycles. The van der Waals surface area contributed by atoms with Crippen molar-refractivity contribution in [2.45, 2.75) is 107 Å². The predicted octanol–water partition coefficient (Wildman–Crippen LogP) is -7.89. The lowest BCUT2D eigenvalue weighted by atomic mass is 10.0. The van der Waals surface area contributed by atoms with Crippen LogP contribution in [0.5, 0.6) is 0 Å². The van der Waals surface area contributed by atoms with Crippen LogP contribution in [0.1, 0.15) is 71.1 Å². The lowest BCUT2D eigenvalue weighted by Crippen LogP contribution is -2.59. The normalized spacial score (nSPS) is 14.6. The first-order chi connectivity index (χ1) is 30.9. The number of guanidine groups is 5. The standard InChI is InChI=1S/C33H67N21O7/c1-17(28(60)61)50-24(56)19(8-3-13-46-30(37)38)52-26(58)21(10-5-15-48-32(41)42)54-27(59)22(11-6-16-49-33(43)44)53-25(57)20(9-4-14-47-31(39)40)51-23(55)18(34)7-2-12-45-29(35)36/h17-22H,2-16,34H2,1H3,(H,50,56)(H,51,55)(H,52,58)(H,53,57)(H,54,59)(H,60,61)(H4,35,36,45)(H4,37,38,46)(H4,39,40,47)(H4,41,42,48)(H4,43,44,49)/t17-,18+,19-,20-,21-,22-/m0/s1/i/hD5. The third-order valence-electron chi connectivity index (χ3n) is 7.98. The highest BCUT2D eigenvalue weighted by atomic mass is 16.4. The summed E-state index contributed by atoms with van der Waals surface area (Å²) >= 11 is 0. The van der Waals surface area contributed by atoms with Gasteiger partial charge >= 0.3 is 5.97 Å². The summed E-state index contributed by atoms with van der Waals surface area (Å²) in [6.45, 7) is 0.735. The van der Waals surface area contributed by atoms with E-state index in [4.69, 9.17) is 64.4 Å². The van der Waals surface area contributed by atoms with Crippen LogP contribution in [0.15, 0.2) is 25.0 Å². The zero-order chi connectivity index (χ0) is 50.7. The van der Waals surface area contributed by atoms with Crippen molar-refractivity contribution in [1.82, 2.24) is 26.6 Å². The Morgan fingerprint density at radius 3 is 1.00 bits per heavy atom. The van der Waals surface area contributed by atoms with Gasteiger partial charge in [0.1, 0.15) is 31.6 Å². The SMILES string of the molecule is [2H]N[C@H](CCCN=C(N)N)C(=O)N([2H])[C@@H](CCCN=C(N)N)C(=O)N([2H])[C@@H](CCCN=C(N)N)C(=O)N([2H])[C@@H](CCCN=C(N)N)C(=O)N([2H])[C@@H](CCCN=C(N)N)C(=O)N[C@@H](C)C(=O)O. The Labute approximate surface area is 360 Å². The lowest BCUT2D eigenvalue weighted by molar-refractivity contribution is -0.141. The van der Waals surface area contributed by atoms with Crippen LogP contribution in [0.2, 0.25) is 7.06 Å². The third kappa shape index (κ3) is 26.7. The fraction of sp³-hybridized carbons (Fsp3) is 0.667. The van der Waals surface area contributed by atoms with Gasteiger partial charge in [0.2, 0.25) is 29.5 Å². The number of carboxylic acid groups (broad SMARTS) is 1. The lowest BCUT2D eigenvalue weighted by Gasteiger charge is -2.27. The molecule has 0 unspecified atom stereocenters. The van der Waals surface area contributed by atoms with Crippen LogP contribution in [0, 0.1) is 0 Å². The maximum Gasteiger partial charge on any atom is 0.325 e. The summed E-state index contributed by atoms with van der Waals surface area (Å²) < 4.78 is 43.3. The van der Waals surface area contributed by atoms with Crippen molar-refractivity contribution < 1.29 is 40.9 Å². The van der Waals surface area contributed by atoms with Crippen molar-refractivity contribution in [1.29, 1.82) is 0 Å². The number of aliphatic imine (C=N–C) groups is 5. The second-order valence-corrected chi connectivity index (χ2v) is 13.3. The fourth-order valence-corrected chi connectivity index (χ4v) is 4.92. The summed E-state index contributed by atoms with van der Waals surface area (Å²) in [6, 6.07) is -10.3. The molecule has 0 aliphatic carbocycles. The molecule has 28 N–H and O–H groups in total. The summed E-state index contributed by atoms with van der Waals surface area (Å²) in [5.41, 5.74) is 56.1. The summed E-state index contributed by atoms with van der Waals surface area (Å²) in [6.07, 6.45) is -1.72. The summed E-state index contributed by atoms with van der Waals surface area (Å²) in [4.78, 5) is 101. The monoisotopic (exact) mass is 875 g/mol. The number of hydrogen-bond acceptors (Lipinski definition) is 12. The minimum absolute atomic E-state index is 0.00816. The Bertz CT molecular complexity index is 1740. The van der Waals surface area contributed by atoms with E-state index in [-0.39, 0.29) is 135 Å². The molecule has 28 heteroatoms. The van der Waals surface area contributed by atoms with Crippen molar-refractivity contribution in [3.63, 3.8) is 0 Å². The van der Waals surface area contributed by atoms with Crippen LogP contribution in [0.25, 0.3) is 0 Å². The highest BCUT2D eigenvalue weighted by Crippen LogP contribution is 2.09. The Hall–Kier alpha value is -6.87. The molecule has 346 valence electrons. The molecule has 0 fully saturated rings. The number of carboxylic acids is 1. The van der Waals surface area contributed by atoms with Gasteiger partial charge < -0.3 is 94.7 Å². The average Bonchev–Trinajstić information content (AvgIpc) is 3.24. The molecule has 0 aromatic carbocycles. The second-order valence-electron chi connectivity index (χ2n) is 13.3. The zero-order valence-electron chi connectivity index (χ0n) is 39.3. The molecular formula is C33H67N21O7. The number of aliphatic carboxylic acids is 1. The molecule has 0 saturated heterocycles. The van der Waals surface area contributed by atoms with Crippen molar-refractivity contribution in [3.05, 3.63) is 0 Å². The Kier molecular flexibility index (Phi) is 22.4. The van der Waals surface area contributed by atoms with Crippen molar-refractivity contribution >= 4 is 65.3 Å². The smallest absolute Gasteiger partial charge is 0.325 e. The van der Waals surface area contributed by atoms with Gasteiger partial charge in [0.25, 0.3) is 0 Å². The molecule has 61 heavy (non-hydrogen) atoms. The summed E-state index contributed by atoms with van der Waals surface area (Å²) in [7, 11) is 0. The topological polar surface area (TPSA) is 531 Å². The van der Waals surface area contributed by atoms with E-state index < -0.39 is 84.6 Å². The number of amides is 5. The van der Waals surface area contributed by atoms with Gasteiger partial charge in [0, 0.05) is 32.7 Å². The molecule has 0 radical (unpaired) electrons. The first kappa shape index (κ1) is 45.2. The van der Waals surface area contributed by atoms with Gasteiger partial charge in [-0.25, -0.2) is 0 Å². The maximum absolute atomic E-state index is 14.5. The van der Waals surface area contributed by atoms with E-state index in [0.717, 1.165) is 6.92 Å². The molecular weight excluding hydrogens is 803 g/mol. The Morgan fingerprint density at radius 1 is 0.475 bits per heavy atom. The molecule has 0 aliphatic rings. The van der Waals surface area contributed by atoms with E-state index in [1.165, 1.54) is 0 Å². The van der Waals surface area contributed by atoms with Gasteiger partial charge in [-0.3, -0.25) is 53.7 Å². The number of nitrogens with zero attached hydrogens (tertiary/aromatic N) is 5. The highest BCUT2D eigenvalue weighted by Gasteiger charge is 2.32. The molecule has 0 bridgehead atoms. The Balaban J connectivity index is 7.31. The molecule has 0 rings (SSSR count). The summed E-state index contributed by atoms with van der Waals surface area (Å²) in [5, 5.41) is 12.2. The van der Waals surface area contributed by atoms with Crippen molar-refractivity contribution in [2.75, 3.05) is 32.7 Å². The molecule has 6 atom stereocenters. The van der Waals surface area contributed by atoms with Gasteiger partial charge in [-0.05, 0) is 71.1 Å². The maximum atomic E-state index is 14.5. The van der Waals surface area contributed by atoms with Crippen molar-refractivity contribution in [2.24, 2.45) is 88.0 Å². The van der Waals surface area contributed by atoms with Crippen LogP contribution in [0.3, 0.4) is 0 Å². The highest BCUT2D eigenvalue weighted by molar-refractivity contribution is 5.96. The minimum atomic E-state index is -1.96. The van der Waals surface area contributed by atoms with E-state index in [9.17, 15) is 33.9 Å². The van der Waals surface area contributed by atoms with Crippen molar-refractivity contribution in [3.8, 4) is 0 Å². The van der Waals surface area contributed by atoms with Crippen LogP contribution in [-0.2, 0) is 28.8 Å². The average molecular weight is 875 g/mol. The zero-order valence-corrected chi connectivity index (χ0v) is 34.3. The number of rotatable bonds is 32. The fourth-order valence-electron chi connectivity index (χ4n) is 4.92. The molecule has 28 nitrogen and oxygen atoms in total. The van der Waals surface area contributed by atoms with Gasteiger partial charge in [-0.15, -0.1) is 0 Å². The van der Waals surface area contributed by atoms with Crippen LogP contribution < -0.4 is 89.6 Å². The van der Waals surface area contributed by atoms with Gasteiger partial charge in [0.05, 0.1) is 6.04 Å². The van der Waals surface area contributed by atoms with Crippen LogP contribution in [0.4, 0.5) is 0 Å². The predicted molar refractivity (Wildman–Crippen MR) is 230 cm³/mol. The number of carbonyl (C=O) groups is 6. The molecule has 0 saturated carbocycles. The van der Waals surface area contributed by atoms with E-state index in [0.29, 0.717) is 0 Å². The largest absolute Gasteiger partial charge is 0.480 e. The van der Waals surface area contributed by atoms with Crippen LogP contribution in [-0.4, -0.2) is 139 Å². The molecule has 0 spiro atoms. The van der Waals surface area contributed by atoms with E-state index in [2.05, 4.69) is 30.3 Å². The third-order valence-corrected chi connectivity index (χ3v) is 7.98. The number of hydrogen-bond donors (Lipinski definition) is 17. The number of carbonyl (C=O) groups excluding carboxylic acids is 5. The first-order valence-corrected chi connectivity index (χ1v) is 19.1. The van der Waals surface area contributed by atoms with Gasteiger partial charge in [0.15, 0.2) is 35.4 Å². The van der Waals surface area contributed by atoms with E-state index in [1.54, 1.807) is 0 Å². The minimum Gasteiger partial charge on any atom is -0.480 e.